The lowest BCUT2D eigenvalue weighted by Crippen LogP contribution is -2.34. The number of carbonyl (C=O) groups is 2. The van der Waals surface area contributed by atoms with Crippen molar-refractivity contribution < 1.29 is 40.7 Å². The van der Waals surface area contributed by atoms with E-state index >= 15 is 0 Å². The Kier molecular flexibility index (Phi) is 9.20. The largest absolute Gasteiger partial charge is 0.502 e. The van der Waals surface area contributed by atoms with Gasteiger partial charge >= 0.3 is 11.6 Å². The van der Waals surface area contributed by atoms with Gasteiger partial charge in [0.05, 0.1) is 24.7 Å². The standard InChI is InChI=1S/C28H34F3N5O6S/c1-16-9-10-17(11-20(16)36-14-22(34-35-36)42-25(38)32-15-26(2,3)4)24(37)33-19-12-18(27(5,6)7)13-21(23(19)41-8)43(39,40)28(29,30)31/h9-14H,15H2,1-8H3,(H,32,38)(H,33,37). The monoisotopic (exact) mass is 625 g/mol. The Hall–Kier alpha value is -4.14. The van der Waals surface area contributed by atoms with Crippen molar-refractivity contribution in [3.63, 3.8) is 0 Å². The highest BCUT2D eigenvalue weighted by Crippen LogP contribution is 2.42. The van der Waals surface area contributed by atoms with E-state index < -0.39 is 43.4 Å². The van der Waals surface area contributed by atoms with Crippen LogP contribution in [0, 0.1) is 12.3 Å². The number of hydrogen-bond donors (Lipinski definition) is 2. The first-order valence-electron chi connectivity index (χ1n) is 13.0. The number of rotatable bonds is 7. The molecule has 1 aromatic heterocycles. The Labute approximate surface area is 247 Å². The molecule has 3 aromatic rings. The third-order valence-corrected chi connectivity index (χ3v) is 7.61. The van der Waals surface area contributed by atoms with Crippen LogP contribution in [-0.4, -0.2) is 54.6 Å². The Morgan fingerprint density at radius 1 is 1.02 bits per heavy atom. The van der Waals surface area contributed by atoms with Crippen LogP contribution in [0.3, 0.4) is 0 Å². The van der Waals surface area contributed by atoms with Gasteiger partial charge in [0.1, 0.15) is 4.90 Å². The lowest BCUT2D eigenvalue weighted by molar-refractivity contribution is -0.0437. The van der Waals surface area contributed by atoms with Gasteiger partial charge in [0, 0.05) is 12.1 Å². The van der Waals surface area contributed by atoms with Crippen molar-refractivity contribution >= 4 is 27.5 Å². The molecule has 2 N–H and O–H groups in total. The van der Waals surface area contributed by atoms with Gasteiger partial charge in [-0.2, -0.15) is 13.2 Å². The maximum Gasteiger partial charge on any atom is 0.502 e. The number of benzene rings is 2. The Morgan fingerprint density at radius 2 is 1.67 bits per heavy atom. The fourth-order valence-electron chi connectivity index (χ4n) is 3.74. The molecule has 0 spiro atoms. The Morgan fingerprint density at radius 3 is 2.23 bits per heavy atom. The molecule has 3 rings (SSSR count). The number of nitrogens with one attached hydrogen (secondary N) is 2. The predicted molar refractivity (Wildman–Crippen MR) is 152 cm³/mol. The van der Waals surface area contributed by atoms with Crippen LogP contribution in [0.2, 0.25) is 0 Å². The van der Waals surface area contributed by atoms with Crippen molar-refractivity contribution in [2.75, 3.05) is 19.0 Å². The molecule has 0 aliphatic carbocycles. The number of aryl methyl sites for hydroxylation is 1. The van der Waals surface area contributed by atoms with E-state index in [-0.39, 0.29) is 28.1 Å². The van der Waals surface area contributed by atoms with E-state index in [2.05, 4.69) is 20.9 Å². The van der Waals surface area contributed by atoms with Gasteiger partial charge in [-0.25, -0.2) is 17.9 Å². The fraction of sp³-hybridized carbons (Fsp3) is 0.429. The molecule has 0 unspecified atom stereocenters. The number of nitrogens with zero attached hydrogens (tertiary/aromatic N) is 3. The van der Waals surface area contributed by atoms with Crippen molar-refractivity contribution in [2.24, 2.45) is 5.41 Å². The molecule has 11 nitrogen and oxygen atoms in total. The van der Waals surface area contributed by atoms with Crippen molar-refractivity contribution in [2.45, 2.75) is 64.3 Å². The molecule has 0 bridgehead atoms. The average molecular weight is 626 g/mol. The molecule has 1 heterocycles. The summed E-state index contributed by atoms with van der Waals surface area (Å²) < 4.78 is 77.1. The topological polar surface area (TPSA) is 142 Å². The van der Waals surface area contributed by atoms with E-state index in [1.54, 1.807) is 33.8 Å². The second kappa shape index (κ2) is 11.9. The fourth-order valence-corrected chi connectivity index (χ4v) is 4.71. The van der Waals surface area contributed by atoms with Crippen LogP contribution in [0.1, 0.15) is 63.0 Å². The Balaban J connectivity index is 1.97. The van der Waals surface area contributed by atoms with E-state index in [0.717, 1.165) is 13.2 Å². The molecule has 2 amide bonds. The molecule has 43 heavy (non-hydrogen) atoms. The number of aromatic nitrogens is 3. The summed E-state index contributed by atoms with van der Waals surface area (Å²) in [4.78, 5) is 24.3. The van der Waals surface area contributed by atoms with Gasteiger partial charge in [-0.3, -0.25) is 4.79 Å². The zero-order valence-corrected chi connectivity index (χ0v) is 25.8. The molecule has 15 heteroatoms. The summed E-state index contributed by atoms with van der Waals surface area (Å²) in [5.41, 5.74) is -5.48. The van der Waals surface area contributed by atoms with Gasteiger partial charge in [0.25, 0.3) is 21.6 Å². The number of anilines is 1. The van der Waals surface area contributed by atoms with Crippen LogP contribution < -0.4 is 20.1 Å². The minimum absolute atomic E-state index is 0.0601. The summed E-state index contributed by atoms with van der Waals surface area (Å²) in [6.45, 7) is 13.0. The van der Waals surface area contributed by atoms with Gasteiger partial charge in [-0.15, -0.1) is 0 Å². The number of carbonyl (C=O) groups excluding carboxylic acids is 2. The molecule has 0 aliphatic rings. The van der Waals surface area contributed by atoms with Crippen molar-refractivity contribution in [3.05, 3.63) is 53.2 Å². The van der Waals surface area contributed by atoms with Gasteiger partial charge < -0.3 is 20.1 Å². The number of amides is 2. The molecule has 2 aromatic carbocycles. The first kappa shape index (κ1) is 33.4. The molecule has 0 radical (unpaired) electrons. The second-order valence-electron chi connectivity index (χ2n) is 12.0. The summed E-state index contributed by atoms with van der Waals surface area (Å²) in [6.07, 6.45) is 0.621. The minimum Gasteiger partial charge on any atom is -0.493 e. The number of alkyl halides is 3. The number of halogens is 3. The lowest BCUT2D eigenvalue weighted by Gasteiger charge is -2.24. The van der Waals surface area contributed by atoms with Gasteiger partial charge in [0.2, 0.25) is 0 Å². The molecule has 0 atom stereocenters. The highest BCUT2D eigenvalue weighted by molar-refractivity contribution is 7.92. The first-order chi connectivity index (χ1) is 19.6. The molecule has 0 saturated carbocycles. The number of sulfone groups is 1. The molecule has 0 saturated heterocycles. The van der Waals surface area contributed by atoms with E-state index in [1.165, 1.54) is 29.1 Å². The van der Waals surface area contributed by atoms with Crippen molar-refractivity contribution in [1.29, 1.82) is 0 Å². The minimum atomic E-state index is -5.83. The summed E-state index contributed by atoms with van der Waals surface area (Å²) in [7, 11) is -4.82. The summed E-state index contributed by atoms with van der Waals surface area (Å²) in [6, 6.07) is 6.78. The number of methoxy groups -OCH3 is 1. The zero-order chi connectivity index (χ0) is 32.5. The molecule has 0 fully saturated rings. The SMILES string of the molecule is COc1c(NC(=O)c2ccc(C)c(-n3cc(OC(=O)NCC(C)(C)C)nn3)c2)cc(C(C)(C)C)cc1S(=O)(=O)C(F)(F)F. The van der Waals surface area contributed by atoms with Gasteiger partial charge in [-0.1, -0.05) is 57.9 Å². The second-order valence-corrected chi connectivity index (χ2v) is 13.9. The summed E-state index contributed by atoms with van der Waals surface area (Å²) in [5, 5.41) is 12.9. The van der Waals surface area contributed by atoms with Crippen LogP contribution in [0.25, 0.3) is 5.69 Å². The number of ether oxygens (including phenoxy) is 2. The molecule has 234 valence electrons. The third kappa shape index (κ3) is 7.83. The summed E-state index contributed by atoms with van der Waals surface area (Å²) in [5.74, 6) is -1.52. The molecular weight excluding hydrogens is 591 g/mol. The lowest BCUT2D eigenvalue weighted by atomic mass is 9.86. The first-order valence-corrected chi connectivity index (χ1v) is 14.5. The smallest absolute Gasteiger partial charge is 0.493 e. The van der Waals surface area contributed by atoms with Crippen molar-refractivity contribution in [3.8, 4) is 17.3 Å². The van der Waals surface area contributed by atoms with Gasteiger partial charge in [0.15, 0.2) is 5.75 Å². The third-order valence-electron chi connectivity index (χ3n) is 6.12. The number of hydrogen-bond acceptors (Lipinski definition) is 8. The van der Waals surface area contributed by atoms with E-state index in [1.807, 2.05) is 20.8 Å². The average Bonchev–Trinajstić information content (AvgIpc) is 3.33. The summed E-state index contributed by atoms with van der Waals surface area (Å²) >= 11 is 0. The van der Waals surface area contributed by atoms with Crippen LogP contribution >= 0.6 is 0 Å². The maximum absolute atomic E-state index is 13.5. The van der Waals surface area contributed by atoms with E-state index in [4.69, 9.17) is 9.47 Å². The quantitative estimate of drug-likeness (QED) is 0.348. The van der Waals surface area contributed by atoms with Crippen molar-refractivity contribution in [1.82, 2.24) is 20.3 Å². The highest BCUT2D eigenvalue weighted by Gasteiger charge is 2.49. The zero-order valence-electron chi connectivity index (χ0n) is 25.0. The van der Waals surface area contributed by atoms with Crippen LogP contribution in [-0.2, 0) is 15.3 Å². The van der Waals surface area contributed by atoms with E-state index in [9.17, 15) is 31.2 Å². The molecule has 0 aliphatic heterocycles. The van der Waals surface area contributed by atoms with Gasteiger partial charge in [-0.05, 0) is 53.1 Å². The van der Waals surface area contributed by atoms with Crippen LogP contribution in [0.5, 0.6) is 11.6 Å². The predicted octanol–water partition coefficient (Wildman–Crippen LogP) is 5.56. The highest BCUT2D eigenvalue weighted by atomic mass is 32.2. The van der Waals surface area contributed by atoms with Crippen LogP contribution in [0.4, 0.5) is 23.7 Å². The van der Waals surface area contributed by atoms with Crippen LogP contribution in [0.15, 0.2) is 41.4 Å². The Bertz CT molecular complexity index is 1640. The van der Waals surface area contributed by atoms with E-state index in [0.29, 0.717) is 17.8 Å². The molecular formula is C28H34F3N5O6S. The normalized spacial score (nSPS) is 12.5. The maximum atomic E-state index is 13.5.